The van der Waals surface area contributed by atoms with Crippen molar-refractivity contribution in [2.45, 2.75) is 84.5 Å². The molecule has 22 heavy (non-hydrogen) atoms. The molecule has 0 spiro atoms. The Labute approximate surface area is 148 Å². The van der Waals surface area contributed by atoms with Gasteiger partial charge in [-0.05, 0) is 32.1 Å². The van der Waals surface area contributed by atoms with Crippen molar-refractivity contribution in [1.82, 2.24) is 0 Å². The highest BCUT2D eigenvalue weighted by Crippen LogP contribution is 2.13. The Kier molecular flexibility index (Phi) is 17.3. The number of aliphatic carboxylic acids is 1. The quantitative estimate of drug-likeness (QED) is 0.348. The molecule has 0 aliphatic rings. The van der Waals surface area contributed by atoms with E-state index in [1.54, 1.807) is 0 Å². The molecule has 0 fully saturated rings. The Morgan fingerprint density at radius 2 is 1.18 bits per heavy atom. The summed E-state index contributed by atoms with van der Waals surface area (Å²) >= 11 is 0. The van der Waals surface area contributed by atoms with Crippen LogP contribution in [0.3, 0.4) is 0 Å². The number of unbranched alkanes of at least 4 members (excludes halogenated alkanes) is 7. The largest absolute Gasteiger partial charge is 1.00 e. The van der Waals surface area contributed by atoms with E-state index in [9.17, 15) is 4.79 Å². The van der Waals surface area contributed by atoms with Crippen molar-refractivity contribution in [1.29, 1.82) is 0 Å². The molecule has 4 heteroatoms. The molecule has 0 aliphatic heterocycles. The second-order valence-electron chi connectivity index (χ2n) is 6.76. The van der Waals surface area contributed by atoms with Crippen molar-refractivity contribution in [2.75, 3.05) is 26.7 Å². The van der Waals surface area contributed by atoms with Gasteiger partial charge in [0, 0.05) is 6.42 Å². The Bertz CT molecular complexity index is 251. The molecule has 1 N–H and O–H groups in total. The molecule has 3 nitrogen and oxygen atoms in total. The standard InChI is InChI=1S/C18H37NO2.BrH/c1-4-6-15-19(3,16-7-5-2)17-13-11-9-8-10-12-14-18(20)21;/h4-17H2,1-3H3;1H. The number of hydrogen-bond donors (Lipinski definition) is 1. The van der Waals surface area contributed by atoms with E-state index in [0.29, 0.717) is 6.42 Å². The number of halogens is 1. The molecule has 0 rings (SSSR count). The van der Waals surface area contributed by atoms with Crippen molar-refractivity contribution in [3.63, 3.8) is 0 Å². The SMILES string of the molecule is CCCC[N+](C)(CCCC)CCCCCCCCC(=O)O.[Br-]. The topological polar surface area (TPSA) is 37.3 Å². The van der Waals surface area contributed by atoms with Crippen LogP contribution in [0.25, 0.3) is 0 Å². The highest BCUT2D eigenvalue weighted by molar-refractivity contribution is 5.66. The predicted octanol–water partition coefficient (Wildman–Crippen LogP) is 1.85. The van der Waals surface area contributed by atoms with Gasteiger partial charge in [0.05, 0.1) is 26.7 Å². The summed E-state index contributed by atoms with van der Waals surface area (Å²) in [5.41, 5.74) is 0. The van der Waals surface area contributed by atoms with Crippen LogP contribution in [0.1, 0.15) is 84.5 Å². The average molecular weight is 380 g/mol. The fourth-order valence-electron chi connectivity index (χ4n) is 2.89. The van der Waals surface area contributed by atoms with E-state index in [-0.39, 0.29) is 17.0 Å². The Morgan fingerprint density at radius 1 is 0.773 bits per heavy atom. The summed E-state index contributed by atoms with van der Waals surface area (Å²) in [5.74, 6) is -0.657. The molecular weight excluding hydrogens is 342 g/mol. The van der Waals surface area contributed by atoms with Crippen LogP contribution < -0.4 is 17.0 Å². The Balaban J connectivity index is 0. The first-order chi connectivity index (χ1) is 10.0. The third-order valence-corrected chi connectivity index (χ3v) is 4.44. The molecule has 0 aliphatic carbocycles. The number of rotatable bonds is 15. The highest BCUT2D eigenvalue weighted by Gasteiger charge is 2.19. The summed E-state index contributed by atoms with van der Waals surface area (Å²) in [6.45, 7) is 8.53. The first-order valence-electron chi connectivity index (χ1n) is 9.09. The Morgan fingerprint density at radius 3 is 1.64 bits per heavy atom. The van der Waals surface area contributed by atoms with Crippen molar-refractivity contribution in [2.24, 2.45) is 0 Å². The molecular formula is C18H38BrNO2. The lowest BCUT2D eigenvalue weighted by Gasteiger charge is -2.35. The average Bonchev–Trinajstić information content (AvgIpc) is 2.45. The molecule has 0 saturated carbocycles. The van der Waals surface area contributed by atoms with Gasteiger partial charge in [-0.2, -0.15) is 0 Å². The summed E-state index contributed by atoms with van der Waals surface area (Å²) < 4.78 is 1.25. The van der Waals surface area contributed by atoms with Gasteiger partial charge in [0.15, 0.2) is 0 Å². The maximum atomic E-state index is 10.4. The predicted molar refractivity (Wildman–Crippen MR) is 90.6 cm³/mol. The van der Waals surface area contributed by atoms with E-state index in [0.717, 1.165) is 12.8 Å². The summed E-state index contributed by atoms with van der Waals surface area (Å²) in [7, 11) is 2.43. The van der Waals surface area contributed by atoms with Gasteiger partial charge in [0.2, 0.25) is 0 Å². The number of hydrogen-bond acceptors (Lipinski definition) is 1. The molecule has 0 atom stereocenters. The summed E-state index contributed by atoms with van der Waals surface area (Å²) in [6, 6.07) is 0. The van der Waals surface area contributed by atoms with E-state index in [1.807, 2.05) is 0 Å². The zero-order valence-corrected chi connectivity index (χ0v) is 16.7. The van der Waals surface area contributed by atoms with E-state index in [2.05, 4.69) is 20.9 Å². The number of nitrogens with zero attached hydrogens (tertiary/aromatic N) is 1. The van der Waals surface area contributed by atoms with Crippen LogP contribution in [0.5, 0.6) is 0 Å². The number of carboxylic acids is 1. The van der Waals surface area contributed by atoms with Gasteiger partial charge in [-0.3, -0.25) is 4.79 Å². The molecule has 0 amide bonds. The third kappa shape index (κ3) is 14.8. The molecule has 0 aromatic rings. The van der Waals surface area contributed by atoms with Gasteiger partial charge in [0.25, 0.3) is 0 Å². The lowest BCUT2D eigenvalue weighted by Crippen LogP contribution is -3.00. The summed E-state index contributed by atoms with van der Waals surface area (Å²) in [6.07, 6.45) is 12.6. The van der Waals surface area contributed by atoms with E-state index >= 15 is 0 Å². The van der Waals surface area contributed by atoms with Crippen LogP contribution in [0, 0.1) is 0 Å². The van der Waals surface area contributed by atoms with Crippen molar-refractivity contribution in [3.05, 3.63) is 0 Å². The van der Waals surface area contributed by atoms with Gasteiger partial charge in [-0.1, -0.05) is 46.0 Å². The first-order valence-corrected chi connectivity index (χ1v) is 9.09. The van der Waals surface area contributed by atoms with Gasteiger partial charge in [-0.25, -0.2) is 0 Å². The van der Waals surface area contributed by atoms with Crippen LogP contribution in [0.15, 0.2) is 0 Å². The van der Waals surface area contributed by atoms with E-state index in [1.165, 1.54) is 75.5 Å². The number of carboxylic acid groups (broad SMARTS) is 1. The third-order valence-electron chi connectivity index (χ3n) is 4.44. The molecule has 0 saturated heterocycles. The molecule has 0 bridgehead atoms. The minimum Gasteiger partial charge on any atom is -1.00 e. The minimum absolute atomic E-state index is 0. The first kappa shape index (κ1) is 24.2. The number of quaternary nitrogens is 1. The van der Waals surface area contributed by atoms with Crippen molar-refractivity contribution in [3.8, 4) is 0 Å². The zero-order valence-electron chi connectivity index (χ0n) is 15.1. The molecule has 0 aromatic carbocycles. The van der Waals surface area contributed by atoms with Crippen molar-refractivity contribution >= 4 is 5.97 Å². The second-order valence-corrected chi connectivity index (χ2v) is 6.76. The fraction of sp³-hybridized carbons (Fsp3) is 0.944. The Hall–Kier alpha value is -0.0900. The van der Waals surface area contributed by atoms with Crippen molar-refractivity contribution < 1.29 is 31.4 Å². The number of carbonyl (C=O) groups is 1. The fourth-order valence-corrected chi connectivity index (χ4v) is 2.89. The summed E-state index contributed by atoms with van der Waals surface area (Å²) in [4.78, 5) is 10.4. The normalized spacial score (nSPS) is 11.2. The van der Waals surface area contributed by atoms with Gasteiger partial charge in [-0.15, -0.1) is 0 Å². The molecule has 0 unspecified atom stereocenters. The zero-order chi connectivity index (χ0) is 16.0. The molecule has 0 aromatic heterocycles. The van der Waals surface area contributed by atoms with E-state index < -0.39 is 5.97 Å². The van der Waals surface area contributed by atoms with Gasteiger partial charge in [0.1, 0.15) is 0 Å². The second kappa shape index (κ2) is 15.8. The molecule has 0 heterocycles. The maximum Gasteiger partial charge on any atom is 0.303 e. The lowest BCUT2D eigenvalue weighted by molar-refractivity contribution is -0.910. The summed E-state index contributed by atoms with van der Waals surface area (Å²) in [5, 5.41) is 8.58. The van der Waals surface area contributed by atoms with Crippen LogP contribution in [0.4, 0.5) is 0 Å². The van der Waals surface area contributed by atoms with Crippen LogP contribution in [-0.4, -0.2) is 42.2 Å². The van der Waals surface area contributed by atoms with Crippen LogP contribution >= 0.6 is 0 Å². The molecule has 134 valence electrons. The van der Waals surface area contributed by atoms with Gasteiger partial charge < -0.3 is 26.6 Å². The van der Waals surface area contributed by atoms with E-state index in [4.69, 9.17) is 5.11 Å². The monoisotopic (exact) mass is 379 g/mol. The molecule has 0 radical (unpaired) electrons. The van der Waals surface area contributed by atoms with Crippen LogP contribution in [-0.2, 0) is 4.79 Å². The smallest absolute Gasteiger partial charge is 0.303 e. The van der Waals surface area contributed by atoms with Gasteiger partial charge >= 0.3 is 5.97 Å². The van der Waals surface area contributed by atoms with Crippen LogP contribution in [0.2, 0.25) is 0 Å². The maximum absolute atomic E-state index is 10.4. The minimum atomic E-state index is -0.657. The lowest BCUT2D eigenvalue weighted by atomic mass is 10.1. The highest BCUT2D eigenvalue weighted by atomic mass is 79.9.